The maximum absolute atomic E-state index is 11.6. The number of ether oxygens (including phenoxy) is 1. The Morgan fingerprint density at radius 3 is 2.50 bits per heavy atom. The summed E-state index contributed by atoms with van der Waals surface area (Å²) in [5.41, 5.74) is 8.38. The van der Waals surface area contributed by atoms with Crippen LogP contribution < -0.4 is 5.73 Å². The van der Waals surface area contributed by atoms with Crippen molar-refractivity contribution in [1.82, 2.24) is 0 Å². The molecule has 1 rings (SSSR count). The van der Waals surface area contributed by atoms with Gasteiger partial charge in [0.1, 0.15) is 6.04 Å². The minimum Gasteiger partial charge on any atom is -0.480 e. The number of carboxylic acids is 1. The number of carbonyl (C=O) groups is 2. The molecule has 3 N–H and O–H groups in total. The smallest absolute Gasteiger partial charge is 0.338 e. The first kappa shape index (κ1) is 14.2. The second-order valence-electron chi connectivity index (χ2n) is 4.23. The zero-order chi connectivity index (χ0) is 13.9. The highest BCUT2D eigenvalue weighted by molar-refractivity contribution is 5.91. The van der Waals surface area contributed by atoms with E-state index in [1.165, 1.54) is 7.11 Å². The molecule has 1 atom stereocenters. The number of methoxy groups -OCH3 is 1. The SMILES string of the molecule is COC(=O)c1cc(CC(N)C(=O)O)cc(C)c1C. The number of carbonyl (C=O) groups excluding carboxylic acids is 1. The summed E-state index contributed by atoms with van der Waals surface area (Å²) in [5.74, 6) is -1.49. The molecular weight excluding hydrogens is 234 g/mol. The third kappa shape index (κ3) is 3.07. The number of benzene rings is 1. The average molecular weight is 251 g/mol. The van der Waals surface area contributed by atoms with Crippen LogP contribution in [0.25, 0.3) is 0 Å². The van der Waals surface area contributed by atoms with Gasteiger partial charge in [0.25, 0.3) is 0 Å². The van der Waals surface area contributed by atoms with Crippen LogP contribution in [0.4, 0.5) is 0 Å². The molecule has 1 aromatic rings. The molecule has 0 aliphatic rings. The Bertz CT molecular complexity index is 482. The second-order valence-corrected chi connectivity index (χ2v) is 4.23. The monoisotopic (exact) mass is 251 g/mol. The summed E-state index contributed by atoms with van der Waals surface area (Å²) in [5, 5.41) is 8.78. The van der Waals surface area contributed by atoms with E-state index in [9.17, 15) is 9.59 Å². The Hall–Kier alpha value is -1.88. The highest BCUT2D eigenvalue weighted by atomic mass is 16.5. The molecule has 0 radical (unpaired) electrons. The molecule has 0 aromatic heterocycles. The lowest BCUT2D eigenvalue weighted by molar-refractivity contribution is -0.138. The minimum absolute atomic E-state index is 0.181. The predicted octanol–water partition coefficient (Wildman–Crippen LogP) is 1.04. The van der Waals surface area contributed by atoms with E-state index in [4.69, 9.17) is 15.6 Å². The van der Waals surface area contributed by atoms with Gasteiger partial charge in [0.05, 0.1) is 12.7 Å². The first-order valence-electron chi connectivity index (χ1n) is 5.53. The molecule has 5 heteroatoms. The molecule has 0 saturated carbocycles. The third-order valence-corrected chi connectivity index (χ3v) is 2.91. The fraction of sp³-hybridized carbons (Fsp3) is 0.385. The van der Waals surface area contributed by atoms with Crippen molar-refractivity contribution in [3.8, 4) is 0 Å². The van der Waals surface area contributed by atoms with E-state index in [0.29, 0.717) is 11.1 Å². The van der Waals surface area contributed by atoms with E-state index < -0.39 is 18.0 Å². The van der Waals surface area contributed by atoms with Crippen LogP contribution in [-0.4, -0.2) is 30.2 Å². The molecule has 0 bridgehead atoms. The number of carboxylic acid groups (broad SMARTS) is 1. The summed E-state index contributed by atoms with van der Waals surface area (Å²) < 4.78 is 4.69. The van der Waals surface area contributed by atoms with Gasteiger partial charge < -0.3 is 15.6 Å². The quantitative estimate of drug-likeness (QED) is 0.780. The maximum Gasteiger partial charge on any atom is 0.338 e. The lowest BCUT2D eigenvalue weighted by atomic mass is 9.96. The van der Waals surface area contributed by atoms with E-state index >= 15 is 0 Å². The normalized spacial score (nSPS) is 12.0. The van der Waals surface area contributed by atoms with Gasteiger partial charge in [0.15, 0.2) is 0 Å². The number of esters is 1. The predicted molar refractivity (Wildman–Crippen MR) is 66.6 cm³/mol. The summed E-state index contributed by atoms with van der Waals surface area (Å²) >= 11 is 0. The molecule has 0 spiro atoms. The first-order chi connectivity index (χ1) is 8.36. The Kier molecular flexibility index (Phi) is 4.44. The lowest BCUT2D eigenvalue weighted by Crippen LogP contribution is -2.32. The van der Waals surface area contributed by atoms with Crippen molar-refractivity contribution >= 4 is 11.9 Å². The van der Waals surface area contributed by atoms with Crippen molar-refractivity contribution in [2.24, 2.45) is 5.73 Å². The molecule has 98 valence electrons. The van der Waals surface area contributed by atoms with E-state index in [2.05, 4.69) is 0 Å². The second kappa shape index (κ2) is 5.64. The molecule has 1 aromatic carbocycles. The molecule has 18 heavy (non-hydrogen) atoms. The molecule has 0 aliphatic carbocycles. The van der Waals surface area contributed by atoms with Crippen LogP contribution in [0, 0.1) is 13.8 Å². The molecule has 0 heterocycles. The van der Waals surface area contributed by atoms with Gasteiger partial charge in [-0.25, -0.2) is 4.79 Å². The number of nitrogens with two attached hydrogens (primary N) is 1. The van der Waals surface area contributed by atoms with Gasteiger partial charge in [-0.1, -0.05) is 6.07 Å². The molecular formula is C13H17NO4. The van der Waals surface area contributed by atoms with Gasteiger partial charge in [-0.05, 0) is 43.0 Å². The van der Waals surface area contributed by atoms with Crippen LogP contribution in [0.5, 0.6) is 0 Å². The Morgan fingerprint density at radius 1 is 1.39 bits per heavy atom. The molecule has 1 unspecified atom stereocenters. The van der Waals surface area contributed by atoms with E-state index in [-0.39, 0.29) is 6.42 Å². The van der Waals surface area contributed by atoms with Gasteiger partial charge in [-0.15, -0.1) is 0 Å². The number of aryl methyl sites for hydroxylation is 1. The summed E-state index contributed by atoms with van der Waals surface area (Å²) in [6.45, 7) is 3.68. The summed E-state index contributed by atoms with van der Waals surface area (Å²) in [4.78, 5) is 22.3. The zero-order valence-electron chi connectivity index (χ0n) is 10.7. The van der Waals surface area contributed by atoms with Gasteiger partial charge >= 0.3 is 11.9 Å². The first-order valence-corrected chi connectivity index (χ1v) is 5.53. The van der Waals surface area contributed by atoms with Crippen LogP contribution >= 0.6 is 0 Å². The number of aliphatic carboxylic acids is 1. The fourth-order valence-electron chi connectivity index (χ4n) is 1.72. The summed E-state index contributed by atoms with van der Waals surface area (Å²) in [6, 6.07) is 2.50. The van der Waals surface area contributed by atoms with Gasteiger partial charge in [0, 0.05) is 0 Å². The molecule has 0 aliphatic heterocycles. The van der Waals surface area contributed by atoms with Crippen molar-refractivity contribution in [2.75, 3.05) is 7.11 Å². The van der Waals surface area contributed by atoms with Crippen molar-refractivity contribution in [3.63, 3.8) is 0 Å². The Morgan fingerprint density at radius 2 is 2.00 bits per heavy atom. The minimum atomic E-state index is -1.06. The highest BCUT2D eigenvalue weighted by Crippen LogP contribution is 2.18. The van der Waals surface area contributed by atoms with E-state index in [1.54, 1.807) is 6.07 Å². The van der Waals surface area contributed by atoms with Crippen LogP contribution in [0.15, 0.2) is 12.1 Å². The van der Waals surface area contributed by atoms with Gasteiger partial charge in [0.2, 0.25) is 0 Å². The third-order valence-electron chi connectivity index (χ3n) is 2.91. The largest absolute Gasteiger partial charge is 0.480 e. The van der Waals surface area contributed by atoms with E-state index in [1.807, 2.05) is 19.9 Å². The van der Waals surface area contributed by atoms with Crippen LogP contribution in [0.3, 0.4) is 0 Å². The standard InChI is InChI=1S/C13H17NO4/c1-7-4-9(6-11(14)12(15)16)5-10(8(7)2)13(17)18-3/h4-5,11H,6,14H2,1-3H3,(H,15,16). The van der Waals surface area contributed by atoms with Crippen molar-refractivity contribution < 1.29 is 19.4 Å². The van der Waals surface area contributed by atoms with Crippen LogP contribution in [0.2, 0.25) is 0 Å². The molecule has 0 amide bonds. The number of hydrogen-bond acceptors (Lipinski definition) is 4. The van der Waals surface area contributed by atoms with Gasteiger partial charge in [-0.2, -0.15) is 0 Å². The van der Waals surface area contributed by atoms with Crippen molar-refractivity contribution in [1.29, 1.82) is 0 Å². The van der Waals surface area contributed by atoms with Crippen LogP contribution in [-0.2, 0) is 16.0 Å². The summed E-state index contributed by atoms with van der Waals surface area (Å²) in [7, 11) is 1.31. The van der Waals surface area contributed by atoms with Crippen LogP contribution in [0.1, 0.15) is 27.0 Å². The topological polar surface area (TPSA) is 89.6 Å². The Balaban J connectivity index is 3.12. The lowest BCUT2D eigenvalue weighted by Gasteiger charge is -2.12. The number of rotatable bonds is 4. The fourth-order valence-corrected chi connectivity index (χ4v) is 1.72. The zero-order valence-corrected chi connectivity index (χ0v) is 10.7. The number of hydrogen-bond donors (Lipinski definition) is 2. The van der Waals surface area contributed by atoms with Crippen molar-refractivity contribution in [3.05, 3.63) is 34.4 Å². The molecule has 5 nitrogen and oxygen atoms in total. The van der Waals surface area contributed by atoms with E-state index in [0.717, 1.165) is 11.1 Å². The summed E-state index contributed by atoms with van der Waals surface area (Å²) in [6.07, 6.45) is 0.181. The Labute approximate surface area is 106 Å². The maximum atomic E-state index is 11.6. The van der Waals surface area contributed by atoms with Gasteiger partial charge in [-0.3, -0.25) is 4.79 Å². The molecule has 0 fully saturated rings. The molecule has 0 saturated heterocycles. The highest BCUT2D eigenvalue weighted by Gasteiger charge is 2.16. The van der Waals surface area contributed by atoms with Crippen molar-refractivity contribution in [2.45, 2.75) is 26.3 Å². The average Bonchev–Trinajstić information content (AvgIpc) is 2.32.